The number of hydrogen-bond donors (Lipinski definition) is 1. The van der Waals surface area contributed by atoms with Gasteiger partial charge in [0.25, 0.3) is 5.91 Å². The van der Waals surface area contributed by atoms with Crippen molar-refractivity contribution < 1.29 is 9.53 Å². The van der Waals surface area contributed by atoms with Crippen LogP contribution in [0.3, 0.4) is 0 Å². The Balaban J connectivity index is 2.23. The van der Waals surface area contributed by atoms with E-state index in [9.17, 15) is 4.79 Å². The van der Waals surface area contributed by atoms with Gasteiger partial charge in [0, 0.05) is 10.6 Å². The van der Waals surface area contributed by atoms with Gasteiger partial charge in [0.2, 0.25) is 0 Å². The SMILES string of the molecule is CCOc1ccc(Cl)cc1NC(=O)c1ccccc1. The van der Waals surface area contributed by atoms with Gasteiger partial charge in [-0.1, -0.05) is 29.8 Å². The Hall–Kier alpha value is -2.00. The Morgan fingerprint density at radius 1 is 1.21 bits per heavy atom. The van der Waals surface area contributed by atoms with E-state index in [1.54, 1.807) is 30.3 Å². The summed E-state index contributed by atoms with van der Waals surface area (Å²) in [6, 6.07) is 14.1. The summed E-state index contributed by atoms with van der Waals surface area (Å²) < 4.78 is 5.46. The van der Waals surface area contributed by atoms with Crippen molar-refractivity contribution in [3.05, 3.63) is 59.1 Å². The zero-order chi connectivity index (χ0) is 13.7. The molecule has 0 radical (unpaired) electrons. The molecule has 0 saturated heterocycles. The third-order valence-electron chi connectivity index (χ3n) is 2.53. The van der Waals surface area contributed by atoms with Gasteiger partial charge in [-0.3, -0.25) is 4.79 Å². The maximum Gasteiger partial charge on any atom is 0.255 e. The van der Waals surface area contributed by atoms with Crippen molar-refractivity contribution in [1.29, 1.82) is 0 Å². The molecule has 19 heavy (non-hydrogen) atoms. The lowest BCUT2D eigenvalue weighted by Crippen LogP contribution is -2.12. The van der Waals surface area contributed by atoms with Crippen LogP contribution in [0, 0.1) is 0 Å². The van der Waals surface area contributed by atoms with Crippen LogP contribution in [0.5, 0.6) is 5.75 Å². The zero-order valence-corrected chi connectivity index (χ0v) is 11.3. The molecule has 0 bridgehead atoms. The molecule has 2 rings (SSSR count). The average molecular weight is 276 g/mol. The smallest absolute Gasteiger partial charge is 0.255 e. The highest BCUT2D eigenvalue weighted by atomic mass is 35.5. The van der Waals surface area contributed by atoms with Crippen molar-refractivity contribution in [3.8, 4) is 5.75 Å². The molecule has 2 aromatic carbocycles. The summed E-state index contributed by atoms with van der Waals surface area (Å²) in [5.74, 6) is 0.417. The van der Waals surface area contributed by atoms with Gasteiger partial charge in [-0.25, -0.2) is 0 Å². The van der Waals surface area contributed by atoms with Crippen LogP contribution in [0.15, 0.2) is 48.5 Å². The highest BCUT2D eigenvalue weighted by Crippen LogP contribution is 2.28. The Bertz CT molecular complexity index is 570. The van der Waals surface area contributed by atoms with Gasteiger partial charge in [-0.05, 0) is 37.3 Å². The monoisotopic (exact) mass is 275 g/mol. The number of ether oxygens (including phenoxy) is 1. The van der Waals surface area contributed by atoms with E-state index in [0.717, 1.165) is 0 Å². The van der Waals surface area contributed by atoms with Crippen LogP contribution in [-0.2, 0) is 0 Å². The minimum absolute atomic E-state index is 0.191. The standard InChI is InChI=1S/C15H14ClNO2/c1-2-19-14-9-8-12(16)10-13(14)17-15(18)11-6-4-3-5-7-11/h3-10H,2H2,1H3,(H,17,18). The van der Waals surface area contributed by atoms with E-state index in [1.807, 2.05) is 25.1 Å². The number of amides is 1. The van der Waals surface area contributed by atoms with E-state index in [2.05, 4.69) is 5.32 Å². The molecule has 0 atom stereocenters. The van der Waals surface area contributed by atoms with Crippen molar-refractivity contribution in [3.63, 3.8) is 0 Å². The van der Waals surface area contributed by atoms with Gasteiger partial charge >= 0.3 is 0 Å². The Morgan fingerprint density at radius 3 is 2.63 bits per heavy atom. The first-order valence-corrected chi connectivity index (χ1v) is 6.37. The molecule has 0 spiro atoms. The first-order valence-electron chi connectivity index (χ1n) is 5.99. The van der Waals surface area contributed by atoms with E-state index < -0.39 is 0 Å². The molecule has 4 heteroatoms. The van der Waals surface area contributed by atoms with Gasteiger partial charge in [0.05, 0.1) is 12.3 Å². The zero-order valence-electron chi connectivity index (χ0n) is 10.5. The summed E-state index contributed by atoms with van der Waals surface area (Å²) in [5.41, 5.74) is 1.16. The molecule has 0 aliphatic carbocycles. The molecule has 0 fully saturated rings. The van der Waals surface area contributed by atoms with E-state index in [4.69, 9.17) is 16.3 Å². The summed E-state index contributed by atoms with van der Waals surface area (Å²) in [5, 5.41) is 3.35. The Morgan fingerprint density at radius 2 is 1.95 bits per heavy atom. The predicted octanol–water partition coefficient (Wildman–Crippen LogP) is 3.99. The fourth-order valence-electron chi connectivity index (χ4n) is 1.67. The second-order valence-electron chi connectivity index (χ2n) is 3.89. The molecule has 3 nitrogen and oxygen atoms in total. The number of nitrogens with one attached hydrogen (secondary N) is 1. The first kappa shape index (κ1) is 13.4. The summed E-state index contributed by atoms with van der Waals surface area (Å²) in [7, 11) is 0. The Labute approximate surface area is 117 Å². The third kappa shape index (κ3) is 3.48. The van der Waals surface area contributed by atoms with Crippen LogP contribution in [0.2, 0.25) is 5.02 Å². The lowest BCUT2D eigenvalue weighted by molar-refractivity contribution is 0.102. The highest BCUT2D eigenvalue weighted by Gasteiger charge is 2.10. The van der Waals surface area contributed by atoms with E-state index in [0.29, 0.717) is 28.6 Å². The van der Waals surface area contributed by atoms with Crippen LogP contribution >= 0.6 is 11.6 Å². The number of carbonyl (C=O) groups is 1. The average Bonchev–Trinajstić information content (AvgIpc) is 2.43. The lowest BCUT2D eigenvalue weighted by atomic mass is 10.2. The summed E-state index contributed by atoms with van der Waals surface area (Å²) in [4.78, 5) is 12.1. The maximum atomic E-state index is 12.1. The van der Waals surface area contributed by atoms with Crippen LogP contribution < -0.4 is 10.1 Å². The topological polar surface area (TPSA) is 38.3 Å². The summed E-state index contributed by atoms with van der Waals surface area (Å²) >= 11 is 5.94. The van der Waals surface area contributed by atoms with Crippen LogP contribution in [-0.4, -0.2) is 12.5 Å². The minimum atomic E-state index is -0.191. The molecule has 0 aliphatic heterocycles. The van der Waals surface area contributed by atoms with Crippen LogP contribution in [0.4, 0.5) is 5.69 Å². The third-order valence-corrected chi connectivity index (χ3v) is 2.76. The van der Waals surface area contributed by atoms with Crippen molar-refractivity contribution in [1.82, 2.24) is 0 Å². The highest BCUT2D eigenvalue weighted by molar-refractivity contribution is 6.31. The second kappa shape index (κ2) is 6.25. The van der Waals surface area contributed by atoms with Gasteiger partial charge in [-0.2, -0.15) is 0 Å². The fraction of sp³-hybridized carbons (Fsp3) is 0.133. The molecule has 0 unspecified atom stereocenters. The molecule has 2 aromatic rings. The second-order valence-corrected chi connectivity index (χ2v) is 4.33. The van der Waals surface area contributed by atoms with E-state index >= 15 is 0 Å². The molecule has 0 saturated carbocycles. The van der Waals surface area contributed by atoms with Gasteiger partial charge in [0.15, 0.2) is 0 Å². The predicted molar refractivity (Wildman–Crippen MR) is 77.0 cm³/mol. The number of anilines is 1. The van der Waals surface area contributed by atoms with Gasteiger partial charge in [-0.15, -0.1) is 0 Å². The number of rotatable bonds is 4. The van der Waals surface area contributed by atoms with Gasteiger partial charge < -0.3 is 10.1 Å². The molecule has 0 aromatic heterocycles. The number of benzene rings is 2. The van der Waals surface area contributed by atoms with Crippen molar-refractivity contribution >= 4 is 23.2 Å². The molecule has 0 heterocycles. The number of halogens is 1. The van der Waals surface area contributed by atoms with E-state index in [1.165, 1.54) is 0 Å². The molecule has 0 aliphatic rings. The minimum Gasteiger partial charge on any atom is -0.492 e. The Kier molecular flexibility index (Phi) is 4.42. The van der Waals surface area contributed by atoms with Crippen LogP contribution in [0.25, 0.3) is 0 Å². The van der Waals surface area contributed by atoms with Crippen molar-refractivity contribution in [2.24, 2.45) is 0 Å². The summed E-state index contributed by atoms with van der Waals surface area (Å²) in [6.45, 7) is 2.41. The fourth-order valence-corrected chi connectivity index (χ4v) is 1.84. The van der Waals surface area contributed by atoms with Crippen molar-refractivity contribution in [2.75, 3.05) is 11.9 Å². The van der Waals surface area contributed by atoms with Gasteiger partial charge in [0.1, 0.15) is 5.75 Å². The molecule has 1 N–H and O–H groups in total. The quantitative estimate of drug-likeness (QED) is 0.916. The van der Waals surface area contributed by atoms with E-state index in [-0.39, 0.29) is 5.91 Å². The van der Waals surface area contributed by atoms with Crippen LogP contribution in [0.1, 0.15) is 17.3 Å². The first-order chi connectivity index (χ1) is 9.20. The van der Waals surface area contributed by atoms with Crippen molar-refractivity contribution in [2.45, 2.75) is 6.92 Å². The number of carbonyl (C=O) groups excluding carboxylic acids is 1. The number of hydrogen-bond acceptors (Lipinski definition) is 2. The largest absolute Gasteiger partial charge is 0.492 e. The molecular weight excluding hydrogens is 262 g/mol. The summed E-state index contributed by atoms with van der Waals surface area (Å²) in [6.07, 6.45) is 0. The molecule has 98 valence electrons. The molecular formula is C15H14ClNO2. The normalized spacial score (nSPS) is 10.0. The molecule has 1 amide bonds. The lowest BCUT2D eigenvalue weighted by Gasteiger charge is -2.11. The maximum absolute atomic E-state index is 12.1.